The van der Waals surface area contributed by atoms with Gasteiger partial charge >= 0.3 is 0 Å². The number of imide groups is 1. The number of benzene rings is 2. The molecule has 2 heterocycles. The lowest BCUT2D eigenvalue weighted by Gasteiger charge is -2.16. The van der Waals surface area contributed by atoms with Crippen molar-refractivity contribution in [3.63, 3.8) is 0 Å². The van der Waals surface area contributed by atoms with Crippen molar-refractivity contribution in [1.82, 2.24) is 9.78 Å². The average Bonchev–Trinajstić information content (AvgIpc) is 3.41. The molecule has 2 aliphatic rings. The lowest BCUT2D eigenvalue weighted by Crippen LogP contribution is -2.32. The van der Waals surface area contributed by atoms with Crippen molar-refractivity contribution >= 4 is 17.6 Å². The Morgan fingerprint density at radius 2 is 1.56 bits per heavy atom. The number of aryl methyl sites for hydroxylation is 1. The van der Waals surface area contributed by atoms with Crippen LogP contribution in [0.5, 0.6) is 0 Å². The standard InChI is InChI=1S/C21H16FN3O2/c1-24-19(25-20(26)15-4-2-3-5-16(15)21(25)27)17(12-6-7-12)18(23-24)13-8-10-14(22)11-9-13/h2-5,8-12H,6-7H2,1H3. The molecule has 5 nitrogen and oxygen atoms in total. The van der Waals surface area contributed by atoms with Crippen LogP contribution in [0.3, 0.4) is 0 Å². The van der Waals surface area contributed by atoms with Gasteiger partial charge in [0.05, 0.1) is 16.8 Å². The second-order valence-electron chi connectivity index (χ2n) is 6.98. The number of fused-ring (bicyclic) bond motifs is 1. The number of carbonyl (C=O) groups is 2. The Kier molecular flexibility index (Phi) is 3.31. The van der Waals surface area contributed by atoms with E-state index in [0.717, 1.165) is 24.0 Å². The van der Waals surface area contributed by atoms with E-state index in [9.17, 15) is 14.0 Å². The van der Waals surface area contributed by atoms with E-state index in [1.54, 1.807) is 48.1 Å². The summed E-state index contributed by atoms with van der Waals surface area (Å²) in [6, 6.07) is 13.0. The molecule has 3 aromatic rings. The summed E-state index contributed by atoms with van der Waals surface area (Å²) in [7, 11) is 1.73. The van der Waals surface area contributed by atoms with Gasteiger partial charge in [-0.15, -0.1) is 0 Å². The summed E-state index contributed by atoms with van der Waals surface area (Å²) in [4.78, 5) is 27.2. The van der Waals surface area contributed by atoms with Crippen molar-refractivity contribution in [3.8, 4) is 11.3 Å². The fourth-order valence-electron chi connectivity index (χ4n) is 3.75. The van der Waals surface area contributed by atoms with Gasteiger partial charge in [-0.25, -0.2) is 9.29 Å². The molecule has 1 aromatic heterocycles. The number of amides is 2. The van der Waals surface area contributed by atoms with Crippen LogP contribution in [-0.2, 0) is 7.05 Å². The highest BCUT2D eigenvalue weighted by Crippen LogP contribution is 2.49. The quantitative estimate of drug-likeness (QED) is 0.665. The Hall–Kier alpha value is -3.28. The number of aromatic nitrogens is 2. The van der Waals surface area contributed by atoms with Crippen LogP contribution in [-0.4, -0.2) is 21.6 Å². The van der Waals surface area contributed by atoms with Gasteiger partial charge in [-0.2, -0.15) is 5.10 Å². The fourth-order valence-corrected chi connectivity index (χ4v) is 3.75. The number of halogens is 1. The molecule has 2 amide bonds. The second-order valence-corrected chi connectivity index (χ2v) is 6.98. The molecule has 6 heteroatoms. The number of anilines is 1. The van der Waals surface area contributed by atoms with Crippen LogP contribution in [0, 0.1) is 5.82 Å². The number of rotatable bonds is 3. The molecule has 2 aromatic carbocycles. The zero-order chi connectivity index (χ0) is 18.7. The van der Waals surface area contributed by atoms with Gasteiger partial charge in [0.25, 0.3) is 11.8 Å². The first-order valence-electron chi connectivity index (χ1n) is 8.87. The topological polar surface area (TPSA) is 55.2 Å². The maximum absolute atomic E-state index is 13.3. The molecule has 0 unspecified atom stereocenters. The highest BCUT2D eigenvalue weighted by Gasteiger charge is 2.43. The second kappa shape index (κ2) is 5.61. The zero-order valence-corrected chi connectivity index (χ0v) is 14.6. The molecule has 1 aliphatic carbocycles. The Morgan fingerprint density at radius 1 is 0.963 bits per heavy atom. The summed E-state index contributed by atoms with van der Waals surface area (Å²) in [6.45, 7) is 0. The van der Waals surface area contributed by atoms with Crippen molar-refractivity contribution in [1.29, 1.82) is 0 Å². The van der Waals surface area contributed by atoms with Crippen molar-refractivity contribution < 1.29 is 14.0 Å². The van der Waals surface area contributed by atoms with Crippen LogP contribution in [0.15, 0.2) is 48.5 Å². The van der Waals surface area contributed by atoms with Gasteiger partial charge in [0, 0.05) is 18.2 Å². The van der Waals surface area contributed by atoms with Crippen molar-refractivity contribution in [2.45, 2.75) is 18.8 Å². The van der Waals surface area contributed by atoms with E-state index in [1.165, 1.54) is 17.0 Å². The molecule has 134 valence electrons. The molecular weight excluding hydrogens is 345 g/mol. The monoisotopic (exact) mass is 361 g/mol. The molecule has 0 radical (unpaired) electrons. The Labute approximate surface area is 155 Å². The van der Waals surface area contributed by atoms with E-state index in [1.807, 2.05) is 0 Å². The largest absolute Gasteiger partial charge is 0.268 e. The van der Waals surface area contributed by atoms with Gasteiger partial charge < -0.3 is 0 Å². The van der Waals surface area contributed by atoms with Gasteiger partial charge in [-0.1, -0.05) is 12.1 Å². The Balaban J connectivity index is 1.69. The van der Waals surface area contributed by atoms with Gasteiger partial charge in [-0.05, 0) is 55.2 Å². The third-order valence-corrected chi connectivity index (χ3v) is 5.16. The highest BCUT2D eigenvalue weighted by molar-refractivity contribution is 6.34. The third kappa shape index (κ3) is 2.33. The first-order valence-corrected chi connectivity index (χ1v) is 8.87. The molecule has 1 fully saturated rings. The maximum Gasteiger partial charge on any atom is 0.267 e. The number of nitrogens with zero attached hydrogens (tertiary/aromatic N) is 3. The van der Waals surface area contributed by atoms with Crippen molar-refractivity contribution in [3.05, 3.63) is 71.0 Å². The van der Waals surface area contributed by atoms with E-state index in [-0.39, 0.29) is 23.5 Å². The van der Waals surface area contributed by atoms with E-state index in [0.29, 0.717) is 22.6 Å². The lowest BCUT2D eigenvalue weighted by atomic mass is 10.0. The third-order valence-electron chi connectivity index (χ3n) is 5.16. The summed E-state index contributed by atoms with van der Waals surface area (Å²) in [5.41, 5.74) is 3.18. The first kappa shape index (κ1) is 15.9. The number of hydrogen-bond acceptors (Lipinski definition) is 3. The van der Waals surface area contributed by atoms with E-state index < -0.39 is 0 Å². The number of carbonyl (C=O) groups excluding carboxylic acids is 2. The molecular formula is C21H16FN3O2. The molecule has 1 saturated carbocycles. The van der Waals surface area contributed by atoms with Crippen LogP contribution >= 0.6 is 0 Å². The summed E-state index contributed by atoms with van der Waals surface area (Å²) >= 11 is 0. The van der Waals surface area contributed by atoms with Crippen molar-refractivity contribution in [2.24, 2.45) is 7.05 Å². The van der Waals surface area contributed by atoms with Crippen LogP contribution < -0.4 is 4.90 Å². The molecule has 0 spiro atoms. The molecule has 1 aliphatic heterocycles. The summed E-state index contributed by atoms with van der Waals surface area (Å²) in [6.07, 6.45) is 1.96. The maximum atomic E-state index is 13.3. The summed E-state index contributed by atoms with van der Waals surface area (Å²) in [5.74, 6) is -0.207. The molecule has 0 bridgehead atoms. The lowest BCUT2D eigenvalue weighted by molar-refractivity contribution is 0.0923. The molecule has 0 saturated heterocycles. The Morgan fingerprint density at radius 3 is 2.11 bits per heavy atom. The predicted octanol–water partition coefficient (Wildman–Crippen LogP) is 3.90. The molecule has 0 atom stereocenters. The summed E-state index contributed by atoms with van der Waals surface area (Å²) in [5, 5.41) is 4.60. The zero-order valence-electron chi connectivity index (χ0n) is 14.6. The molecule has 5 rings (SSSR count). The highest BCUT2D eigenvalue weighted by atomic mass is 19.1. The van der Waals surface area contributed by atoms with Crippen LogP contribution in [0.4, 0.5) is 10.2 Å². The van der Waals surface area contributed by atoms with Gasteiger partial charge in [0.15, 0.2) is 0 Å². The van der Waals surface area contributed by atoms with E-state index in [2.05, 4.69) is 5.10 Å². The fraction of sp³-hybridized carbons (Fsp3) is 0.190. The molecule has 0 N–H and O–H groups in total. The minimum Gasteiger partial charge on any atom is -0.268 e. The minimum absolute atomic E-state index is 0.248. The average molecular weight is 361 g/mol. The van der Waals surface area contributed by atoms with Crippen LogP contribution in [0.2, 0.25) is 0 Å². The normalized spacial score (nSPS) is 16.1. The molecule has 27 heavy (non-hydrogen) atoms. The van der Waals surface area contributed by atoms with Crippen molar-refractivity contribution in [2.75, 3.05) is 4.90 Å². The smallest absolute Gasteiger partial charge is 0.267 e. The summed E-state index contributed by atoms with van der Waals surface area (Å²) < 4.78 is 14.9. The van der Waals surface area contributed by atoms with E-state index >= 15 is 0 Å². The van der Waals surface area contributed by atoms with Gasteiger partial charge in [-0.3, -0.25) is 14.3 Å². The van der Waals surface area contributed by atoms with Gasteiger partial charge in [0.2, 0.25) is 0 Å². The number of hydrogen-bond donors (Lipinski definition) is 0. The van der Waals surface area contributed by atoms with Crippen LogP contribution in [0.1, 0.15) is 45.0 Å². The Bertz CT molecular complexity index is 1060. The minimum atomic E-state index is -0.328. The first-order chi connectivity index (χ1) is 13.1. The van der Waals surface area contributed by atoms with Gasteiger partial charge in [0.1, 0.15) is 11.6 Å². The van der Waals surface area contributed by atoms with Crippen LogP contribution in [0.25, 0.3) is 11.3 Å². The van der Waals surface area contributed by atoms with E-state index in [4.69, 9.17) is 0 Å². The predicted molar refractivity (Wildman–Crippen MR) is 98.2 cm³/mol. The SMILES string of the molecule is Cn1nc(-c2ccc(F)cc2)c(C2CC2)c1N1C(=O)c2ccccc2C1=O.